The molecule has 0 bridgehead atoms. The SMILES string of the molecule is CN1CCC(CN2CCN(c3nc(CN)cc(-c4ccc(C(F)(F)F)cc4)n3)CC2)CC1. The highest BCUT2D eigenvalue weighted by Crippen LogP contribution is 2.31. The van der Waals surface area contributed by atoms with E-state index in [4.69, 9.17) is 5.73 Å². The Bertz CT molecular complexity index is 886. The van der Waals surface area contributed by atoms with Gasteiger partial charge in [0.2, 0.25) is 5.95 Å². The van der Waals surface area contributed by atoms with Crippen molar-refractivity contribution in [3.05, 3.63) is 41.6 Å². The minimum Gasteiger partial charge on any atom is -0.338 e. The summed E-state index contributed by atoms with van der Waals surface area (Å²) in [4.78, 5) is 16.3. The lowest BCUT2D eigenvalue weighted by atomic mass is 9.96. The lowest BCUT2D eigenvalue weighted by Gasteiger charge is -2.38. The van der Waals surface area contributed by atoms with Crippen LogP contribution >= 0.6 is 0 Å². The molecule has 1 aromatic heterocycles. The third-order valence-electron chi connectivity index (χ3n) is 6.49. The third-order valence-corrected chi connectivity index (χ3v) is 6.49. The van der Waals surface area contributed by atoms with Gasteiger partial charge in [-0.15, -0.1) is 0 Å². The number of nitrogens with zero attached hydrogens (tertiary/aromatic N) is 5. The fourth-order valence-corrected chi connectivity index (χ4v) is 4.45. The molecule has 6 nitrogen and oxygen atoms in total. The van der Waals surface area contributed by atoms with Gasteiger partial charge in [-0.3, -0.25) is 4.90 Å². The first-order valence-corrected chi connectivity index (χ1v) is 11.2. The summed E-state index contributed by atoms with van der Waals surface area (Å²) < 4.78 is 38.7. The molecule has 0 saturated carbocycles. The number of benzene rings is 1. The molecule has 174 valence electrons. The highest BCUT2D eigenvalue weighted by Gasteiger charge is 2.30. The van der Waals surface area contributed by atoms with Crippen LogP contribution in [-0.4, -0.2) is 72.6 Å². The van der Waals surface area contributed by atoms with Gasteiger partial charge in [0.15, 0.2) is 0 Å². The maximum absolute atomic E-state index is 12.9. The number of piperazine rings is 1. The van der Waals surface area contributed by atoms with E-state index >= 15 is 0 Å². The Morgan fingerprint density at radius 3 is 2.22 bits per heavy atom. The average molecular weight is 449 g/mol. The standard InChI is InChI=1S/C23H31F3N6/c1-30-8-6-17(7-9-30)16-31-10-12-32(13-11-31)22-28-20(15-27)14-21(29-22)18-2-4-19(5-3-18)23(24,25)26/h2-5,14,17H,6-13,15-16,27H2,1H3. The monoisotopic (exact) mass is 448 g/mol. The van der Waals surface area contributed by atoms with Crippen LogP contribution in [0.4, 0.5) is 19.1 Å². The van der Waals surface area contributed by atoms with Crippen LogP contribution in [0.1, 0.15) is 24.1 Å². The van der Waals surface area contributed by atoms with Gasteiger partial charge in [0.05, 0.1) is 17.0 Å². The second-order valence-corrected chi connectivity index (χ2v) is 8.86. The van der Waals surface area contributed by atoms with Crippen LogP contribution in [0.15, 0.2) is 30.3 Å². The molecule has 0 aliphatic carbocycles. The van der Waals surface area contributed by atoms with Crippen molar-refractivity contribution in [1.82, 2.24) is 19.8 Å². The minimum atomic E-state index is -4.36. The first-order valence-electron chi connectivity index (χ1n) is 11.2. The topological polar surface area (TPSA) is 61.5 Å². The quantitative estimate of drug-likeness (QED) is 0.759. The van der Waals surface area contributed by atoms with Crippen molar-refractivity contribution in [3.63, 3.8) is 0 Å². The summed E-state index contributed by atoms with van der Waals surface area (Å²) in [5.74, 6) is 1.36. The molecule has 3 heterocycles. The summed E-state index contributed by atoms with van der Waals surface area (Å²) in [5.41, 5.74) is 7.07. The van der Waals surface area contributed by atoms with Gasteiger partial charge in [0.1, 0.15) is 0 Å². The summed E-state index contributed by atoms with van der Waals surface area (Å²) in [6.07, 6.45) is -1.84. The van der Waals surface area contributed by atoms with E-state index in [-0.39, 0.29) is 6.54 Å². The van der Waals surface area contributed by atoms with E-state index in [0.717, 1.165) is 50.8 Å². The zero-order valence-electron chi connectivity index (χ0n) is 18.5. The maximum atomic E-state index is 12.9. The molecule has 1 aromatic carbocycles. The molecule has 0 radical (unpaired) electrons. The lowest BCUT2D eigenvalue weighted by Crippen LogP contribution is -2.49. The molecule has 4 rings (SSSR count). The van der Waals surface area contributed by atoms with Crippen LogP contribution < -0.4 is 10.6 Å². The molecule has 2 aliphatic heterocycles. The minimum absolute atomic E-state index is 0.249. The molecule has 2 saturated heterocycles. The van der Waals surface area contributed by atoms with Crippen molar-refractivity contribution in [3.8, 4) is 11.3 Å². The number of likely N-dealkylation sites (tertiary alicyclic amines) is 1. The van der Waals surface area contributed by atoms with Crippen LogP contribution in [0.5, 0.6) is 0 Å². The molecule has 9 heteroatoms. The van der Waals surface area contributed by atoms with E-state index in [1.165, 1.54) is 38.1 Å². The van der Waals surface area contributed by atoms with Gasteiger partial charge < -0.3 is 15.5 Å². The Hall–Kier alpha value is -2.23. The van der Waals surface area contributed by atoms with Gasteiger partial charge in [-0.1, -0.05) is 12.1 Å². The molecule has 0 amide bonds. The molecule has 2 fully saturated rings. The average Bonchev–Trinajstić information content (AvgIpc) is 2.80. The fourth-order valence-electron chi connectivity index (χ4n) is 4.45. The second-order valence-electron chi connectivity index (χ2n) is 8.86. The van der Waals surface area contributed by atoms with E-state index in [9.17, 15) is 13.2 Å². The molecule has 0 atom stereocenters. The molecular weight excluding hydrogens is 417 g/mol. The number of hydrogen-bond acceptors (Lipinski definition) is 6. The Kier molecular flexibility index (Phi) is 6.97. The molecule has 32 heavy (non-hydrogen) atoms. The van der Waals surface area contributed by atoms with Gasteiger partial charge in [0, 0.05) is 44.8 Å². The summed E-state index contributed by atoms with van der Waals surface area (Å²) in [5, 5.41) is 0. The largest absolute Gasteiger partial charge is 0.416 e. The van der Waals surface area contributed by atoms with Crippen LogP contribution in [-0.2, 0) is 12.7 Å². The number of alkyl halides is 3. The first-order chi connectivity index (χ1) is 15.3. The Labute approximate surface area is 187 Å². The van der Waals surface area contributed by atoms with Crippen LogP contribution in [0, 0.1) is 5.92 Å². The number of piperidine rings is 1. The number of hydrogen-bond donors (Lipinski definition) is 1. The maximum Gasteiger partial charge on any atom is 0.416 e. The van der Waals surface area contributed by atoms with E-state index in [0.29, 0.717) is 22.9 Å². The van der Waals surface area contributed by atoms with Gasteiger partial charge in [-0.25, -0.2) is 9.97 Å². The molecule has 0 unspecified atom stereocenters. The van der Waals surface area contributed by atoms with Crippen molar-refractivity contribution in [2.24, 2.45) is 11.7 Å². The Balaban J connectivity index is 1.43. The number of anilines is 1. The third kappa shape index (κ3) is 5.57. The molecule has 0 spiro atoms. The number of nitrogens with two attached hydrogens (primary N) is 1. The summed E-state index contributed by atoms with van der Waals surface area (Å²) >= 11 is 0. The highest BCUT2D eigenvalue weighted by molar-refractivity contribution is 5.61. The zero-order chi connectivity index (χ0) is 22.7. The van der Waals surface area contributed by atoms with Crippen molar-refractivity contribution >= 4 is 5.95 Å². The lowest BCUT2D eigenvalue weighted by molar-refractivity contribution is -0.137. The molecular formula is C23H31F3N6. The van der Waals surface area contributed by atoms with Gasteiger partial charge in [-0.05, 0) is 57.1 Å². The number of rotatable bonds is 5. The van der Waals surface area contributed by atoms with E-state index in [1.807, 2.05) is 0 Å². The summed E-state index contributed by atoms with van der Waals surface area (Å²) in [6, 6.07) is 6.83. The molecule has 2 aromatic rings. The van der Waals surface area contributed by atoms with Crippen LogP contribution in [0.3, 0.4) is 0 Å². The fraction of sp³-hybridized carbons (Fsp3) is 0.565. The first kappa shape index (κ1) is 22.9. The predicted octanol–water partition coefficient (Wildman–Crippen LogP) is 3.08. The Morgan fingerprint density at radius 2 is 1.62 bits per heavy atom. The number of aromatic nitrogens is 2. The summed E-state index contributed by atoms with van der Waals surface area (Å²) in [6.45, 7) is 7.31. The zero-order valence-corrected chi connectivity index (χ0v) is 18.5. The van der Waals surface area contributed by atoms with Crippen molar-refractivity contribution in [2.75, 3.05) is 57.8 Å². The molecule has 2 aliphatic rings. The van der Waals surface area contributed by atoms with Gasteiger partial charge in [-0.2, -0.15) is 13.2 Å². The van der Waals surface area contributed by atoms with Crippen LogP contribution in [0.2, 0.25) is 0 Å². The summed E-state index contributed by atoms with van der Waals surface area (Å²) in [7, 11) is 2.18. The van der Waals surface area contributed by atoms with Gasteiger partial charge in [0.25, 0.3) is 0 Å². The van der Waals surface area contributed by atoms with E-state index in [2.05, 4.69) is 31.7 Å². The smallest absolute Gasteiger partial charge is 0.338 e. The number of halogens is 3. The highest BCUT2D eigenvalue weighted by atomic mass is 19.4. The Morgan fingerprint density at radius 1 is 0.969 bits per heavy atom. The second kappa shape index (κ2) is 9.72. The van der Waals surface area contributed by atoms with Crippen LogP contribution in [0.25, 0.3) is 11.3 Å². The van der Waals surface area contributed by atoms with Crippen molar-refractivity contribution in [2.45, 2.75) is 25.6 Å². The van der Waals surface area contributed by atoms with E-state index in [1.54, 1.807) is 6.07 Å². The van der Waals surface area contributed by atoms with Crippen molar-refractivity contribution in [1.29, 1.82) is 0 Å². The predicted molar refractivity (Wildman–Crippen MR) is 119 cm³/mol. The normalized spacial score (nSPS) is 19.5. The van der Waals surface area contributed by atoms with Gasteiger partial charge >= 0.3 is 6.18 Å². The molecule has 2 N–H and O–H groups in total. The van der Waals surface area contributed by atoms with E-state index < -0.39 is 11.7 Å². The van der Waals surface area contributed by atoms with Crippen molar-refractivity contribution < 1.29 is 13.2 Å².